The Bertz CT molecular complexity index is 793. The number of hydrogen-bond acceptors (Lipinski definition) is 4. The van der Waals surface area contributed by atoms with E-state index in [0.717, 1.165) is 12.1 Å². The van der Waals surface area contributed by atoms with Crippen molar-refractivity contribution in [1.82, 2.24) is 15.0 Å². The molecule has 21 heavy (non-hydrogen) atoms. The zero-order chi connectivity index (χ0) is 15.0. The van der Waals surface area contributed by atoms with Crippen LogP contribution in [0, 0.1) is 11.6 Å². The van der Waals surface area contributed by atoms with Crippen molar-refractivity contribution in [3.8, 4) is 5.75 Å². The van der Waals surface area contributed by atoms with Crippen molar-refractivity contribution in [2.75, 3.05) is 12.8 Å². The summed E-state index contributed by atoms with van der Waals surface area (Å²) in [5.41, 5.74) is 7.10. The van der Waals surface area contributed by atoms with Gasteiger partial charge in [0.15, 0.2) is 5.65 Å². The molecule has 2 heterocycles. The molecule has 0 amide bonds. The molecule has 108 valence electrons. The Hall–Kier alpha value is -2.70. The summed E-state index contributed by atoms with van der Waals surface area (Å²) in [7, 11) is 1.35. The second-order valence-corrected chi connectivity index (χ2v) is 4.57. The van der Waals surface area contributed by atoms with E-state index in [1.54, 1.807) is 6.07 Å². The van der Waals surface area contributed by atoms with Gasteiger partial charge in [0, 0.05) is 24.1 Å². The van der Waals surface area contributed by atoms with Gasteiger partial charge in [-0.1, -0.05) is 0 Å². The minimum atomic E-state index is -0.681. The molecule has 0 aliphatic carbocycles. The average molecular weight is 290 g/mol. The molecule has 0 bridgehead atoms. The number of nitrogens with one attached hydrogen (secondary N) is 1. The van der Waals surface area contributed by atoms with E-state index in [4.69, 9.17) is 10.5 Å². The van der Waals surface area contributed by atoms with Crippen molar-refractivity contribution < 1.29 is 13.5 Å². The number of ether oxygens (including phenoxy) is 1. The lowest BCUT2D eigenvalue weighted by atomic mass is 10.1. The van der Waals surface area contributed by atoms with E-state index in [1.165, 1.54) is 13.3 Å². The number of nitrogen functional groups attached to an aromatic ring is 1. The quantitative estimate of drug-likeness (QED) is 0.776. The lowest BCUT2D eigenvalue weighted by Crippen LogP contribution is -2.00. The van der Waals surface area contributed by atoms with Gasteiger partial charge in [-0.15, -0.1) is 0 Å². The van der Waals surface area contributed by atoms with Gasteiger partial charge < -0.3 is 15.5 Å². The normalized spacial score (nSPS) is 11.0. The molecule has 3 aromatic rings. The number of methoxy groups -OCH3 is 1. The van der Waals surface area contributed by atoms with Gasteiger partial charge in [-0.2, -0.15) is 0 Å². The van der Waals surface area contributed by atoms with Crippen molar-refractivity contribution in [3.63, 3.8) is 0 Å². The number of aromatic nitrogens is 3. The number of halogens is 2. The van der Waals surface area contributed by atoms with Crippen LogP contribution in [0.3, 0.4) is 0 Å². The highest BCUT2D eigenvalue weighted by Crippen LogP contribution is 2.23. The van der Waals surface area contributed by atoms with Crippen LogP contribution in [0.25, 0.3) is 11.2 Å². The molecule has 3 N–H and O–H groups in total. The summed E-state index contributed by atoms with van der Waals surface area (Å²) in [6, 6.07) is 3.94. The van der Waals surface area contributed by atoms with E-state index in [-0.39, 0.29) is 17.7 Å². The Morgan fingerprint density at radius 2 is 1.95 bits per heavy atom. The predicted molar refractivity (Wildman–Crippen MR) is 74.0 cm³/mol. The van der Waals surface area contributed by atoms with E-state index in [9.17, 15) is 8.78 Å². The Kier molecular flexibility index (Phi) is 3.17. The highest BCUT2D eigenvalue weighted by Gasteiger charge is 2.14. The summed E-state index contributed by atoms with van der Waals surface area (Å²) < 4.78 is 32.6. The monoisotopic (exact) mass is 290 g/mol. The fraction of sp³-hybridized carbons (Fsp3) is 0.143. The van der Waals surface area contributed by atoms with Crippen molar-refractivity contribution >= 4 is 16.9 Å². The number of rotatable bonds is 3. The van der Waals surface area contributed by atoms with E-state index in [2.05, 4.69) is 15.0 Å². The first-order valence-electron chi connectivity index (χ1n) is 6.19. The first-order valence-corrected chi connectivity index (χ1v) is 6.19. The van der Waals surface area contributed by atoms with Crippen LogP contribution in [0.2, 0.25) is 0 Å². The second kappa shape index (κ2) is 5.01. The number of nitrogens with zero attached hydrogens (tertiary/aromatic N) is 2. The van der Waals surface area contributed by atoms with Gasteiger partial charge >= 0.3 is 0 Å². The fourth-order valence-corrected chi connectivity index (χ4v) is 2.08. The van der Waals surface area contributed by atoms with Gasteiger partial charge in [0.2, 0.25) is 0 Å². The average Bonchev–Trinajstić information content (AvgIpc) is 2.84. The van der Waals surface area contributed by atoms with Gasteiger partial charge in [0.25, 0.3) is 0 Å². The maximum atomic E-state index is 13.9. The zero-order valence-electron chi connectivity index (χ0n) is 11.2. The molecule has 0 spiro atoms. The number of anilines is 1. The topological polar surface area (TPSA) is 76.8 Å². The lowest BCUT2D eigenvalue weighted by Gasteiger charge is -2.06. The van der Waals surface area contributed by atoms with Crippen LogP contribution >= 0.6 is 0 Å². The van der Waals surface area contributed by atoms with Gasteiger partial charge in [-0.25, -0.2) is 18.7 Å². The van der Waals surface area contributed by atoms with Crippen molar-refractivity contribution in [2.45, 2.75) is 6.42 Å². The Labute approximate surface area is 118 Å². The number of fused-ring (bicyclic) bond motifs is 1. The number of pyridine rings is 1. The van der Waals surface area contributed by atoms with Gasteiger partial charge in [0.1, 0.15) is 23.2 Å². The third kappa shape index (κ3) is 2.49. The Morgan fingerprint density at radius 1 is 1.24 bits per heavy atom. The SMILES string of the molecule is COc1cc(F)c(Cc2nc3ncc(N)cc3[nH]2)c(F)c1. The first-order chi connectivity index (χ1) is 10.1. The van der Waals surface area contributed by atoms with E-state index < -0.39 is 11.6 Å². The van der Waals surface area contributed by atoms with E-state index >= 15 is 0 Å². The lowest BCUT2D eigenvalue weighted by molar-refractivity contribution is 0.405. The minimum absolute atomic E-state index is 0.0159. The summed E-state index contributed by atoms with van der Waals surface area (Å²) in [6.45, 7) is 0. The number of hydrogen-bond donors (Lipinski definition) is 2. The van der Waals surface area contributed by atoms with Crippen LogP contribution in [-0.2, 0) is 6.42 Å². The van der Waals surface area contributed by atoms with Gasteiger partial charge in [0.05, 0.1) is 24.5 Å². The van der Waals surface area contributed by atoms with E-state index in [0.29, 0.717) is 22.7 Å². The molecule has 3 rings (SSSR count). The molecule has 0 aliphatic heterocycles. The van der Waals surface area contributed by atoms with Gasteiger partial charge in [-0.05, 0) is 6.07 Å². The number of nitrogens with two attached hydrogens (primary N) is 1. The molecule has 0 saturated carbocycles. The van der Waals surface area contributed by atoms with Crippen LogP contribution in [0.5, 0.6) is 5.75 Å². The summed E-state index contributed by atoms with van der Waals surface area (Å²) >= 11 is 0. The van der Waals surface area contributed by atoms with Gasteiger partial charge in [-0.3, -0.25) is 0 Å². The van der Waals surface area contributed by atoms with Crippen LogP contribution in [0.4, 0.5) is 14.5 Å². The molecule has 0 fully saturated rings. The molecular weight excluding hydrogens is 278 g/mol. The molecule has 0 atom stereocenters. The van der Waals surface area contributed by atoms with Crippen LogP contribution in [0.1, 0.15) is 11.4 Å². The summed E-state index contributed by atoms with van der Waals surface area (Å²) in [5.74, 6) is -0.821. The first kappa shape index (κ1) is 13.3. The van der Waals surface area contributed by atoms with Crippen molar-refractivity contribution in [2.24, 2.45) is 0 Å². The molecule has 2 aromatic heterocycles. The van der Waals surface area contributed by atoms with Crippen molar-refractivity contribution in [1.29, 1.82) is 0 Å². The summed E-state index contributed by atoms with van der Waals surface area (Å²) in [6.07, 6.45) is 1.46. The number of aromatic amines is 1. The minimum Gasteiger partial charge on any atom is -0.497 e. The highest BCUT2D eigenvalue weighted by atomic mass is 19.1. The predicted octanol–water partition coefficient (Wildman–Crippen LogP) is 2.42. The summed E-state index contributed by atoms with van der Waals surface area (Å²) in [4.78, 5) is 11.2. The molecule has 1 aromatic carbocycles. The van der Waals surface area contributed by atoms with Crippen LogP contribution < -0.4 is 10.5 Å². The number of imidazole rings is 1. The third-order valence-electron chi connectivity index (χ3n) is 3.10. The molecule has 0 saturated heterocycles. The maximum absolute atomic E-state index is 13.9. The molecule has 0 radical (unpaired) electrons. The number of H-pyrrole nitrogens is 1. The maximum Gasteiger partial charge on any atom is 0.177 e. The Balaban J connectivity index is 1.98. The zero-order valence-corrected chi connectivity index (χ0v) is 11.2. The van der Waals surface area contributed by atoms with Crippen LogP contribution in [-0.4, -0.2) is 22.1 Å². The third-order valence-corrected chi connectivity index (χ3v) is 3.10. The highest BCUT2D eigenvalue weighted by molar-refractivity contribution is 5.74. The van der Waals surface area contributed by atoms with Crippen molar-refractivity contribution in [3.05, 3.63) is 47.4 Å². The van der Waals surface area contributed by atoms with Crippen LogP contribution in [0.15, 0.2) is 24.4 Å². The molecule has 7 heteroatoms. The molecule has 0 aliphatic rings. The largest absolute Gasteiger partial charge is 0.497 e. The Morgan fingerprint density at radius 3 is 2.62 bits per heavy atom. The molecule has 0 unspecified atom stereocenters. The fourth-order valence-electron chi connectivity index (χ4n) is 2.08. The number of benzene rings is 1. The second-order valence-electron chi connectivity index (χ2n) is 4.57. The smallest absolute Gasteiger partial charge is 0.177 e. The standard InChI is InChI=1S/C14H12F2N4O/c1-21-8-3-10(15)9(11(16)4-8)5-13-19-12-2-7(17)6-18-14(12)20-13/h2-4,6H,5,17H2,1H3,(H,18,19,20). The molecule has 5 nitrogen and oxygen atoms in total. The van der Waals surface area contributed by atoms with E-state index in [1.807, 2.05) is 0 Å². The molecular formula is C14H12F2N4O. The summed E-state index contributed by atoms with van der Waals surface area (Å²) in [5, 5.41) is 0.